The molecule has 0 N–H and O–H groups in total. The van der Waals surface area contributed by atoms with E-state index in [-0.39, 0.29) is 36.3 Å². The first kappa shape index (κ1) is 6.16. The van der Waals surface area contributed by atoms with Crippen molar-refractivity contribution in [1.82, 2.24) is 4.90 Å². The molecule has 2 heterocycles. The van der Waals surface area contributed by atoms with Gasteiger partial charge < -0.3 is 14.4 Å². The van der Waals surface area contributed by atoms with Gasteiger partial charge in [-0.05, 0) is 50.3 Å². The normalized spacial score (nSPS) is 52.5. The third kappa shape index (κ3) is 1.27. The Balaban J connectivity index is 1.84. The number of hydrogen-bond acceptors (Lipinski definition) is 4. The second kappa shape index (κ2) is 4.05. The Bertz CT molecular complexity index is 1080. The van der Waals surface area contributed by atoms with Gasteiger partial charge in [0.25, 0.3) is 0 Å². The molecule has 0 amide bonds. The van der Waals surface area contributed by atoms with E-state index in [9.17, 15) is 6.17 Å². The number of rotatable bonds is 1. The van der Waals surface area contributed by atoms with Crippen LogP contribution in [0, 0.1) is 5.92 Å². The van der Waals surface area contributed by atoms with Crippen molar-refractivity contribution in [2.24, 2.45) is 5.92 Å². The molecular formula is C18H21NO3. The number of carbonyl (C=O) groups is 1. The first-order valence-electron chi connectivity index (χ1n) is 12.8. The van der Waals surface area contributed by atoms with E-state index in [1.165, 1.54) is 0 Å². The highest BCUT2D eigenvalue weighted by Gasteiger charge is 2.65. The molecule has 4 aliphatic rings. The molecule has 4 nitrogen and oxygen atoms in total. The van der Waals surface area contributed by atoms with Gasteiger partial charge in [0.05, 0.1) is 13.9 Å². The lowest BCUT2D eigenvalue weighted by Crippen LogP contribution is -2.65. The van der Waals surface area contributed by atoms with Crippen molar-refractivity contribution in [3.8, 4) is 11.5 Å². The van der Waals surface area contributed by atoms with Crippen molar-refractivity contribution in [2.75, 3.05) is 20.6 Å². The van der Waals surface area contributed by atoms with E-state index < -0.39 is 73.9 Å². The quantitative estimate of drug-likeness (QED) is 0.794. The van der Waals surface area contributed by atoms with E-state index in [2.05, 4.69) is 0 Å². The van der Waals surface area contributed by atoms with Crippen LogP contribution in [-0.2, 0) is 16.6 Å². The van der Waals surface area contributed by atoms with Crippen LogP contribution >= 0.6 is 0 Å². The number of ketones is 1. The number of piperidine rings is 1. The van der Waals surface area contributed by atoms with Gasteiger partial charge in [-0.1, -0.05) is 6.04 Å². The number of ether oxygens (including phenoxy) is 2. The summed E-state index contributed by atoms with van der Waals surface area (Å²) >= 11 is 0. The molecule has 1 unspecified atom stereocenters. The minimum atomic E-state index is -2.97. The van der Waals surface area contributed by atoms with Gasteiger partial charge in [0, 0.05) is 31.6 Å². The maximum absolute atomic E-state index is 13.2. The van der Waals surface area contributed by atoms with Gasteiger partial charge in [0.2, 0.25) is 0 Å². The lowest BCUT2D eigenvalue weighted by molar-refractivity contribution is -0.138. The largest absolute Gasteiger partial charge is 0.493 e. The molecule has 2 bridgehead atoms. The van der Waals surface area contributed by atoms with Crippen molar-refractivity contribution in [3.05, 3.63) is 23.2 Å². The van der Waals surface area contributed by atoms with E-state index in [0.717, 1.165) is 4.90 Å². The second-order valence-corrected chi connectivity index (χ2v) is 6.27. The molecule has 2 aliphatic heterocycles. The maximum Gasteiger partial charge on any atom is 0.174 e. The molecule has 5 rings (SSSR count). The zero-order chi connectivity index (χ0) is 24.5. The third-order valence-electron chi connectivity index (χ3n) is 5.53. The highest BCUT2D eigenvalue weighted by atomic mass is 16.5. The van der Waals surface area contributed by atoms with Gasteiger partial charge in [0.15, 0.2) is 23.4 Å². The predicted molar refractivity (Wildman–Crippen MR) is 81.6 cm³/mol. The van der Waals surface area contributed by atoms with Gasteiger partial charge in [-0.25, -0.2) is 0 Å². The van der Waals surface area contributed by atoms with Crippen LogP contribution in [0.2, 0.25) is 0 Å². The molecule has 1 saturated heterocycles. The smallest absolute Gasteiger partial charge is 0.174 e. The summed E-state index contributed by atoms with van der Waals surface area (Å²) < 4.78 is 100. The summed E-state index contributed by atoms with van der Waals surface area (Å²) in [6, 6.07) is -2.91. The zero-order valence-electron chi connectivity index (χ0n) is 22.7. The second-order valence-electron chi connectivity index (χ2n) is 6.27. The van der Waals surface area contributed by atoms with E-state index >= 15 is 0 Å². The van der Waals surface area contributed by atoms with Crippen LogP contribution in [0.3, 0.4) is 0 Å². The Morgan fingerprint density at radius 2 is 2.59 bits per heavy atom. The summed E-state index contributed by atoms with van der Waals surface area (Å²) in [5, 5.41) is 0. The van der Waals surface area contributed by atoms with Gasteiger partial charge in [-0.2, -0.15) is 0 Å². The van der Waals surface area contributed by atoms with E-state index in [1.54, 1.807) is 0 Å². The minimum Gasteiger partial charge on any atom is -0.493 e. The average molecular weight is 310 g/mol. The first-order chi connectivity index (χ1) is 14.9. The molecular weight excluding hydrogens is 278 g/mol. The SMILES string of the molecule is [2H]c1c([2H])c(OC([2H])([2H])[2H])c2c3c1C[C@]1([2H])[C@@H]4CC([2H])([2H])C(=O)C(O2)[C@]34CCN1C([2H])([2H])[2H]. The van der Waals surface area contributed by atoms with Gasteiger partial charge in [-0.3, -0.25) is 4.79 Å². The minimum absolute atomic E-state index is 0.0349. The molecule has 1 saturated carbocycles. The Kier molecular flexibility index (Phi) is 1.13. The monoisotopic (exact) mass is 310 g/mol. The lowest BCUT2D eigenvalue weighted by Gasteiger charge is -2.57. The Labute approximate surface area is 145 Å². The molecule has 2 aliphatic carbocycles. The molecule has 1 spiro atoms. The number of likely N-dealkylation sites (tertiary alicyclic amines) is 1. The fourth-order valence-corrected chi connectivity index (χ4v) is 4.66. The number of hydrogen-bond donors (Lipinski definition) is 0. The zero-order valence-corrected chi connectivity index (χ0v) is 11.7. The molecule has 4 heteroatoms. The molecule has 0 aromatic heterocycles. The van der Waals surface area contributed by atoms with E-state index in [1.807, 2.05) is 0 Å². The Morgan fingerprint density at radius 1 is 1.64 bits per heavy atom. The summed E-state index contributed by atoms with van der Waals surface area (Å²) in [6.07, 6.45) is -4.52. The molecule has 4 atom stereocenters. The van der Waals surface area contributed by atoms with Crippen molar-refractivity contribution in [2.45, 2.75) is 43.2 Å². The Hall–Kier alpha value is -1.55. The number of Topliss-reactive ketones (excluding diaryl/α,β-unsaturated/α-hetero) is 1. The van der Waals surface area contributed by atoms with Crippen LogP contribution in [0.1, 0.15) is 45.4 Å². The molecule has 2 fully saturated rings. The third-order valence-corrected chi connectivity index (χ3v) is 5.53. The number of methoxy groups -OCH3 is 1. The van der Waals surface area contributed by atoms with Gasteiger partial charge in [0.1, 0.15) is 0 Å². The molecule has 22 heavy (non-hydrogen) atoms. The summed E-state index contributed by atoms with van der Waals surface area (Å²) in [6.45, 7) is -2.78. The fourth-order valence-electron chi connectivity index (χ4n) is 4.66. The Morgan fingerprint density at radius 3 is 3.45 bits per heavy atom. The summed E-state index contributed by atoms with van der Waals surface area (Å²) in [5.41, 5.74) is -0.883. The van der Waals surface area contributed by atoms with Crippen molar-refractivity contribution in [1.29, 1.82) is 0 Å². The summed E-state index contributed by atoms with van der Waals surface area (Å²) in [5.74, 6) is -2.58. The highest BCUT2D eigenvalue weighted by molar-refractivity contribution is 5.89. The molecule has 1 aromatic carbocycles. The fraction of sp³-hybridized carbons (Fsp3) is 0.611. The summed E-state index contributed by atoms with van der Waals surface area (Å²) in [4.78, 5) is 14.2. The lowest BCUT2D eigenvalue weighted by atomic mass is 9.52. The van der Waals surface area contributed by atoms with Crippen LogP contribution in [0.5, 0.6) is 11.5 Å². The van der Waals surface area contributed by atoms with Crippen molar-refractivity contribution in [3.63, 3.8) is 0 Å². The van der Waals surface area contributed by atoms with Crippen LogP contribution < -0.4 is 9.47 Å². The van der Waals surface area contributed by atoms with E-state index in [4.69, 9.17) is 23.2 Å². The van der Waals surface area contributed by atoms with Crippen LogP contribution in [0.4, 0.5) is 0 Å². The first-order valence-corrected chi connectivity index (χ1v) is 7.29. The van der Waals surface area contributed by atoms with E-state index in [0.29, 0.717) is 0 Å². The number of benzene rings is 1. The maximum atomic E-state index is 13.2. The standard InChI is InChI=1S/C18H21NO3/c1-19-8-7-18-11-4-5-13(20)17(18)22-16-14(21-2)6-3-10(15(16)18)9-12(11)19/h3,6,11-12,17H,4-5,7-9H2,1-2H3/t11-,12+,17?,18-/m0/s1/i1D3,2D3,3D,5D2,6D,12D. The predicted octanol–water partition coefficient (Wildman–Crippen LogP) is 1.93. The van der Waals surface area contributed by atoms with Crippen molar-refractivity contribution < 1.29 is 29.3 Å². The molecule has 0 radical (unpaired) electrons. The number of likely N-dealkylation sites (N-methyl/N-ethyl adjacent to an activating group) is 1. The molecule has 116 valence electrons. The average Bonchev–Trinajstić information content (AvgIpc) is 2.97. The highest BCUT2D eigenvalue weighted by Crippen LogP contribution is 2.62. The number of nitrogens with zero attached hydrogens (tertiary/aromatic N) is 1. The van der Waals surface area contributed by atoms with Crippen LogP contribution in [-0.4, -0.2) is 43.4 Å². The molecule has 1 aromatic rings. The van der Waals surface area contributed by atoms with Crippen LogP contribution in [0.15, 0.2) is 12.1 Å². The topological polar surface area (TPSA) is 38.8 Å². The van der Waals surface area contributed by atoms with Crippen LogP contribution in [0.25, 0.3) is 0 Å². The van der Waals surface area contributed by atoms with Gasteiger partial charge in [-0.15, -0.1) is 0 Å². The van der Waals surface area contributed by atoms with Gasteiger partial charge >= 0.3 is 0 Å². The number of carbonyl (C=O) groups excluding carboxylic acids is 1. The van der Waals surface area contributed by atoms with Crippen molar-refractivity contribution >= 4 is 5.78 Å². The summed E-state index contributed by atoms with van der Waals surface area (Å²) in [7, 11) is -2.97.